The minimum Gasteiger partial charge on any atom is -0.804 e. The van der Waals surface area contributed by atoms with Crippen LogP contribution < -0.4 is 37.9 Å². The van der Waals surface area contributed by atoms with Crippen molar-refractivity contribution in [3.8, 4) is 94.3 Å². The molecule has 0 aliphatic carbocycles. The Morgan fingerprint density at radius 2 is 0.876 bits per heavy atom. The summed E-state index contributed by atoms with van der Waals surface area (Å²) in [5, 5.41) is 28.7. The summed E-state index contributed by atoms with van der Waals surface area (Å²) in [6.07, 6.45) is 41.3. The zero-order valence-corrected chi connectivity index (χ0v) is 77.1. The maximum atomic E-state index is 10.6. The van der Waals surface area contributed by atoms with Gasteiger partial charge in [-0.15, -0.1) is 42.8 Å². The Bertz CT molecular complexity index is 3680. The van der Waals surface area contributed by atoms with Gasteiger partial charge in [0.2, 0.25) is 0 Å². The predicted octanol–water partition coefficient (Wildman–Crippen LogP) is 32.2. The first-order chi connectivity index (χ1) is 49.9. The van der Waals surface area contributed by atoms with Crippen molar-refractivity contribution >= 4 is 114 Å². The maximum absolute atomic E-state index is 10.6. The monoisotopic (exact) mass is 1940 g/mol. The molecule has 5 aromatic rings. The smallest absolute Gasteiger partial charge is 0.149 e. The van der Waals surface area contributed by atoms with Crippen molar-refractivity contribution < 1.29 is 83.6 Å². The molecule has 5 rings (SSSR count). The fraction of sp³-hybridized carbons (Fsp3) is 0.479. The second-order valence-corrected chi connectivity index (χ2v) is 25.3. The van der Waals surface area contributed by atoms with Crippen molar-refractivity contribution in [2.24, 2.45) is 5.92 Å². The SMILES string of the molecule is C.C.C.C.C.C.C.C.C#CC#CC#COc1cc(/C(C#N)=C/c2cc(OCCCCCC)c(C)cc2OCCCCCC)c(OCCCCCC)cc1/C(C#N)=C/C.C/C=C/c1cc(OC)c(C)cc1OCC(CC)CCCC.C/C=C/c1ccc(C)cc1.CC=Cc1cc(OC)c(C)cc1OC.II.PP.[HH].[HH].[HH].[HH].[HH].[HH].[N-]=C(P)P.[V].[V]. The first-order valence-corrected chi connectivity index (χ1v) is 45.6. The van der Waals surface area contributed by atoms with Crippen molar-refractivity contribution in [2.45, 2.75) is 252 Å². The van der Waals surface area contributed by atoms with Crippen LogP contribution in [0.3, 0.4) is 0 Å². The van der Waals surface area contributed by atoms with Crippen LogP contribution in [0.15, 0.2) is 97.1 Å². The number of hydrogen-bond donors (Lipinski definition) is 0. The third-order valence-corrected chi connectivity index (χ3v) is 15.4. The molecule has 0 spiro atoms. The van der Waals surface area contributed by atoms with E-state index in [1.165, 1.54) is 43.2 Å². The minimum atomic E-state index is 0. The van der Waals surface area contributed by atoms with Gasteiger partial charge in [-0.25, -0.2) is 0 Å². The van der Waals surface area contributed by atoms with Crippen LogP contribution >= 0.6 is 73.6 Å². The van der Waals surface area contributed by atoms with Gasteiger partial charge in [0.1, 0.15) is 52.1 Å². The number of nitriles is 2. The van der Waals surface area contributed by atoms with Gasteiger partial charge in [-0.05, 0) is 176 Å². The topological polar surface area (TPSA) is 144 Å². The van der Waals surface area contributed by atoms with E-state index in [4.69, 9.17) is 49.7 Å². The molecule has 0 aromatic heterocycles. The van der Waals surface area contributed by atoms with Gasteiger partial charge in [0.05, 0.1) is 71.0 Å². The summed E-state index contributed by atoms with van der Waals surface area (Å²) in [5.74, 6) is 16.2. The van der Waals surface area contributed by atoms with Gasteiger partial charge < -0.3 is 43.3 Å². The number of methoxy groups -OCH3 is 3. The van der Waals surface area contributed by atoms with Crippen LogP contribution in [0.5, 0.6) is 46.0 Å². The normalized spacial score (nSPS) is 9.69. The molecule has 5 atom stereocenters. The van der Waals surface area contributed by atoms with Gasteiger partial charge >= 0.3 is 0 Å². The van der Waals surface area contributed by atoms with Crippen LogP contribution in [-0.2, 0) is 37.1 Å². The molecule has 5 unspecified atom stereocenters. The molecule has 0 heterocycles. The van der Waals surface area contributed by atoms with E-state index < -0.39 is 0 Å². The van der Waals surface area contributed by atoms with Gasteiger partial charge in [-0.3, -0.25) is 0 Å². The average molecular weight is 1940 g/mol. The number of aryl methyl sites for hydroxylation is 4. The van der Waals surface area contributed by atoms with Gasteiger partial charge in [0.25, 0.3) is 0 Å². The van der Waals surface area contributed by atoms with Crippen LogP contribution in [0.1, 0.15) is 289 Å². The van der Waals surface area contributed by atoms with Crippen LogP contribution in [0.2, 0.25) is 0 Å². The standard InChI is InChI=1S/C44H52N2O4.C19H30O2.C12H16O2.C10H12.CH4NP2.8CH4.I2.H4P2.2V.6H2/c1-7-12-16-20-24-47-41-30-37(42(28-35(41)6)48-25-21-17-13-8-2)29-38(34-46)40-32-43(49-26-22-18-14-9-3)39(36(11-5)33-45)31-44(40)50-27-23-19-15-10-4;1-6-9-11-16(8-3)14-21-19-12-15(4)18(20-5)13-17(19)10-7-2;1-5-6-10-8-11(13-3)9(2)7-12(10)14-4;1-3-4-10-7-5-9(2)6-8-10;2-1(3)4;;;;;;;;;2*1-2;;;;;;;;/h3,11,28-32H,7-8,10,12-13,15-17,19-21,23-25,27H2,1-2,4-6H3;7,10,12-13,16H,6,8-9,11,14H2,1-5H3;5-8H,1-4H3;3-8H,1-2H3;3-4H2;8*1H4;;1-2H2;;;6*1H/q;;;;-1;;;;;;;;;;;;;;;;;;/b36-11+,38-29+;10-7+;;4-3+;;;;;;;;;;;;;;;;;;;. The summed E-state index contributed by atoms with van der Waals surface area (Å²) in [6.45, 7) is 29.4. The summed E-state index contributed by atoms with van der Waals surface area (Å²) in [4.78, 5) is 0. The zero-order valence-electron chi connectivity index (χ0n) is 65.4. The molecular weight excluding hydrogens is 1780 g/mol. The Morgan fingerprint density at radius 3 is 1.28 bits per heavy atom. The molecular formula is C94H162I2N3O8P4V2-. The molecule has 0 bridgehead atoms. The first-order valence-electron chi connectivity index (χ1n) is 35.5. The molecule has 0 saturated carbocycles. The third kappa shape index (κ3) is 59.2. The van der Waals surface area contributed by atoms with Gasteiger partial charge in [-0.2, -0.15) is 15.7 Å². The number of terminal acetylenes is 1. The number of allylic oxidation sites excluding steroid dienone is 6. The second-order valence-electron chi connectivity index (χ2n) is 23.4. The molecule has 0 aliphatic heterocycles. The number of hydrogen-bond acceptors (Lipinski definition) is 10. The fourth-order valence-corrected chi connectivity index (χ4v) is 9.86. The molecule has 0 amide bonds. The predicted molar refractivity (Wildman–Crippen MR) is 542 cm³/mol. The molecule has 19 heteroatoms. The van der Waals surface area contributed by atoms with E-state index in [0.29, 0.717) is 59.5 Å². The number of unbranched alkanes of at least 4 members (excludes halogenated alkanes) is 10. The van der Waals surface area contributed by atoms with E-state index >= 15 is 0 Å². The molecule has 113 heavy (non-hydrogen) atoms. The van der Waals surface area contributed by atoms with Crippen molar-refractivity contribution in [1.29, 1.82) is 10.5 Å². The number of halogens is 2. The molecule has 646 valence electrons. The molecule has 0 aliphatic rings. The number of ether oxygens (including phenoxy) is 8. The number of nitrogens with zero attached hydrogens (tertiary/aromatic N) is 3. The van der Waals surface area contributed by atoms with Gasteiger partial charge in [0.15, 0.2) is 0 Å². The molecule has 0 saturated heterocycles. The van der Waals surface area contributed by atoms with Crippen LogP contribution in [-0.4, -0.2) is 53.0 Å². The van der Waals surface area contributed by atoms with Gasteiger partial charge in [0, 0.05) is 123 Å². The molecule has 11 nitrogen and oxygen atoms in total. The van der Waals surface area contributed by atoms with E-state index in [2.05, 4.69) is 213 Å². The largest absolute Gasteiger partial charge is 0.804 e. The van der Waals surface area contributed by atoms with Crippen LogP contribution in [0, 0.1) is 92.5 Å². The Morgan fingerprint density at radius 1 is 0.487 bits per heavy atom. The summed E-state index contributed by atoms with van der Waals surface area (Å²) < 4.78 is 46.7. The minimum absolute atomic E-state index is 0. The molecule has 5 aromatic carbocycles. The van der Waals surface area contributed by atoms with Crippen molar-refractivity contribution in [2.75, 3.05) is 47.8 Å². The summed E-state index contributed by atoms with van der Waals surface area (Å²) in [5.41, 5.74) is 10.3. The quantitative estimate of drug-likeness (QED) is 0.00731. The third-order valence-electron chi connectivity index (χ3n) is 15.4. The zero-order chi connectivity index (χ0) is 77.6. The number of rotatable bonds is 35. The van der Waals surface area contributed by atoms with E-state index in [0.717, 1.165) is 139 Å². The Kier molecular flexibility index (Phi) is 106. The average Bonchev–Trinajstić information content (AvgIpc) is 0.796. The molecule has 0 fully saturated rings. The van der Waals surface area contributed by atoms with Crippen molar-refractivity contribution in [1.82, 2.24) is 0 Å². The number of benzene rings is 5. The van der Waals surface area contributed by atoms with Gasteiger partial charge in [-0.1, -0.05) is 243 Å². The first kappa shape index (κ1) is 134. The van der Waals surface area contributed by atoms with E-state index in [-0.39, 0.29) is 116 Å². The second kappa shape index (κ2) is 89.2. The molecule has 2 radical (unpaired) electrons. The van der Waals surface area contributed by atoms with E-state index in [9.17, 15) is 10.5 Å². The summed E-state index contributed by atoms with van der Waals surface area (Å²) in [6, 6.07) is 28.6. The Balaban J connectivity index is -0.0000000771. The summed E-state index contributed by atoms with van der Waals surface area (Å²) >= 11 is 4.24. The fourth-order valence-electron chi connectivity index (χ4n) is 9.86. The summed E-state index contributed by atoms with van der Waals surface area (Å²) in [7, 11) is 13.9. The Labute approximate surface area is 760 Å². The van der Waals surface area contributed by atoms with E-state index in [1.54, 1.807) is 52.5 Å². The Hall–Kier alpha value is -5.12. The van der Waals surface area contributed by atoms with Crippen molar-refractivity contribution in [3.05, 3.63) is 158 Å². The molecule has 0 N–H and O–H groups in total. The van der Waals surface area contributed by atoms with Crippen molar-refractivity contribution in [3.63, 3.8) is 0 Å². The maximum Gasteiger partial charge on any atom is 0.149 e. The van der Waals surface area contributed by atoms with Crippen LogP contribution in [0.25, 0.3) is 40.9 Å². The van der Waals surface area contributed by atoms with E-state index in [1.807, 2.05) is 83.2 Å². The van der Waals surface area contributed by atoms with Crippen LogP contribution in [0.4, 0.5) is 0 Å².